The van der Waals surface area contributed by atoms with Crippen molar-refractivity contribution >= 4 is 22.5 Å². The van der Waals surface area contributed by atoms with E-state index < -0.39 is 0 Å². The van der Waals surface area contributed by atoms with Gasteiger partial charge in [-0.05, 0) is 41.8 Å². The lowest BCUT2D eigenvalue weighted by Gasteiger charge is -2.07. The molecule has 0 unspecified atom stereocenters. The topological polar surface area (TPSA) is 14.2 Å². The van der Waals surface area contributed by atoms with Crippen LogP contribution in [-0.4, -0.2) is 4.57 Å². The first-order valence-corrected chi connectivity index (χ1v) is 6.53. The highest BCUT2D eigenvalue weighted by molar-refractivity contribution is 6.30. The lowest BCUT2D eigenvalue weighted by atomic mass is 10.2. The number of aryl methyl sites for hydroxylation is 1. The summed E-state index contributed by atoms with van der Waals surface area (Å²) >= 11 is 5.85. The zero-order valence-corrected chi connectivity index (χ0v) is 11.4. The summed E-state index contributed by atoms with van der Waals surface area (Å²) in [5.41, 5.74) is 2.37. The smallest absolute Gasteiger partial charge is 0.128 e. The van der Waals surface area contributed by atoms with Crippen LogP contribution in [0.5, 0.6) is 5.75 Å². The summed E-state index contributed by atoms with van der Waals surface area (Å²) in [4.78, 5) is 0. The van der Waals surface area contributed by atoms with Crippen molar-refractivity contribution in [3.63, 3.8) is 0 Å². The first-order chi connectivity index (χ1) is 9.24. The Balaban J connectivity index is 1.82. The van der Waals surface area contributed by atoms with Crippen LogP contribution < -0.4 is 4.74 Å². The highest BCUT2D eigenvalue weighted by Crippen LogP contribution is 2.21. The molecule has 19 heavy (non-hydrogen) atoms. The molecule has 0 spiro atoms. The molecule has 1 heterocycles. The Labute approximate surface area is 117 Å². The Morgan fingerprint density at radius 3 is 2.53 bits per heavy atom. The molecular formula is C16H14ClNO. The standard InChI is InChI=1S/C16H14ClNO/c1-18-14(10-12-4-2-3-5-16(12)18)11-19-15-8-6-13(17)7-9-15/h2-10H,11H2,1H3. The summed E-state index contributed by atoms with van der Waals surface area (Å²) in [7, 11) is 2.06. The van der Waals surface area contributed by atoms with Gasteiger partial charge in [-0.2, -0.15) is 0 Å². The zero-order chi connectivity index (χ0) is 13.2. The molecular weight excluding hydrogens is 258 g/mol. The van der Waals surface area contributed by atoms with Gasteiger partial charge in [0.1, 0.15) is 12.4 Å². The van der Waals surface area contributed by atoms with Crippen LogP contribution in [-0.2, 0) is 13.7 Å². The van der Waals surface area contributed by atoms with Crippen LogP contribution in [0.2, 0.25) is 5.02 Å². The van der Waals surface area contributed by atoms with E-state index in [1.54, 1.807) is 0 Å². The van der Waals surface area contributed by atoms with Crippen molar-refractivity contribution in [1.82, 2.24) is 4.57 Å². The molecule has 0 aliphatic heterocycles. The number of nitrogens with zero attached hydrogens (tertiary/aromatic N) is 1. The molecule has 0 fully saturated rings. The number of hydrogen-bond donors (Lipinski definition) is 0. The maximum absolute atomic E-state index is 5.85. The third kappa shape index (κ3) is 2.45. The van der Waals surface area contributed by atoms with Gasteiger partial charge in [0.25, 0.3) is 0 Å². The van der Waals surface area contributed by atoms with Crippen molar-refractivity contribution in [2.75, 3.05) is 0 Å². The van der Waals surface area contributed by atoms with Crippen LogP contribution in [0.4, 0.5) is 0 Å². The number of aromatic nitrogens is 1. The Kier molecular flexibility index (Phi) is 3.18. The minimum Gasteiger partial charge on any atom is -0.487 e. The predicted octanol–water partition coefficient (Wildman–Crippen LogP) is 4.41. The van der Waals surface area contributed by atoms with Gasteiger partial charge in [-0.1, -0.05) is 29.8 Å². The van der Waals surface area contributed by atoms with E-state index in [0.717, 1.165) is 16.5 Å². The lowest BCUT2D eigenvalue weighted by molar-refractivity contribution is 0.298. The molecule has 0 saturated carbocycles. The molecule has 96 valence electrons. The third-order valence-electron chi connectivity index (χ3n) is 3.25. The van der Waals surface area contributed by atoms with Gasteiger partial charge >= 0.3 is 0 Å². The highest BCUT2D eigenvalue weighted by Gasteiger charge is 2.05. The minimum atomic E-state index is 0.548. The van der Waals surface area contributed by atoms with Crippen molar-refractivity contribution in [1.29, 1.82) is 0 Å². The van der Waals surface area contributed by atoms with Crippen LogP contribution in [0.15, 0.2) is 54.6 Å². The quantitative estimate of drug-likeness (QED) is 0.688. The van der Waals surface area contributed by atoms with E-state index in [9.17, 15) is 0 Å². The average Bonchev–Trinajstić information content (AvgIpc) is 2.76. The molecule has 3 aromatic rings. The van der Waals surface area contributed by atoms with Crippen LogP contribution in [0.1, 0.15) is 5.69 Å². The minimum absolute atomic E-state index is 0.548. The molecule has 2 aromatic carbocycles. The van der Waals surface area contributed by atoms with E-state index in [4.69, 9.17) is 16.3 Å². The number of benzene rings is 2. The van der Waals surface area contributed by atoms with Crippen molar-refractivity contribution in [3.8, 4) is 5.75 Å². The van der Waals surface area contributed by atoms with Crippen LogP contribution >= 0.6 is 11.6 Å². The van der Waals surface area contributed by atoms with Crippen LogP contribution in [0, 0.1) is 0 Å². The van der Waals surface area contributed by atoms with Gasteiger partial charge in [0.2, 0.25) is 0 Å². The Morgan fingerprint density at radius 1 is 1.05 bits per heavy atom. The predicted molar refractivity (Wildman–Crippen MR) is 78.7 cm³/mol. The molecule has 0 aliphatic rings. The first kappa shape index (κ1) is 12.1. The molecule has 3 rings (SSSR count). The number of para-hydroxylation sites is 1. The summed E-state index contributed by atoms with van der Waals surface area (Å²) in [6, 6.07) is 17.9. The SMILES string of the molecule is Cn1c(COc2ccc(Cl)cc2)cc2ccccc21. The van der Waals surface area contributed by atoms with Gasteiger partial charge < -0.3 is 9.30 Å². The fourth-order valence-electron chi connectivity index (χ4n) is 2.17. The number of ether oxygens (including phenoxy) is 1. The van der Waals surface area contributed by atoms with Crippen molar-refractivity contribution in [2.45, 2.75) is 6.61 Å². The monoisotopic (exact) mass is 271 g/mol. The maximum Gasteiger partial charge on any atom is 0.128 e. The fraction of sp³-hybridized carbons (Fsp3) is 0.125. The molecule has 0 N–H and O–H groups in total. The van der Waals surface area contributed by atoms with Crippen molar-refractivity contribution in [2.24, 2.45) is 7.05 Å². The van der Waals surface area contributed by atoms with Crippen molar-refractivity contribution in [3.05, 3.63) is 65.3 Å². The fourth-order valence-corrected chi connectivity index (χ4v) is 2.30. The molecule has 0 bridgehead atoms. The molecule has 0 amide bonds. The van der Waals surface area contributed by atoms with E-state index in [2.05, 4.69) is 29.8 Å². The van der Waals surface area contributed by atoms with Gasteiger partial charge in [-0.3, -0.25) is 0 Å². The largest absolute Gasteiger partial charge is 0.487 e. The van der Waals surface area contributed by atoms with Crippen LogP contribution in [0.3, 0.4) is 0 Å². The number of fused-ring (bicyclic) bond motifs is 1. The van der Waals surface area contributed by atoms with E-state index >= 15 is 0 Å². The summed E-state index contributed by atoms with van der Waals surface area (Å²) < 4.78 is 7.94. The molecule has 0 atom stereocenters. The lowest BCUT2D eigenvalue weighted by Crippen LogP contribution is -2.01. The average molecular weight is 272 g/mol. The van der Waals surface area contributed by atoms with Crippen molar-refractivity contribution < 1.29 is 4.74 Å². The summed E-state index contributed by atoms with van der Waals surface area (Å²) in [5.74, 6) is 0.828. The number of halogens is 1. The second kappa shape index (κ2) is 4.98. The summed E-state index contributed by atoms with van der Waals surface area (Å²) in [6.07, 6.45) is 0. The molecule has 0 aliphatic carbocycles. The zero-order valence-electron chi connectivity index (χ0n) is 10.6. The molecule has 0 saturated heterocycles. The molecule has 2 nitrogen and oxygen atoms in total. The Hall–Kier alpha value is -1.93. The Morgan fingerprint density at radius 2 is 1.79 bits per heavy atom. The summed E-state index contributed by atoms with van der Waals surface area (Å²) in [5, 5.41) is 1.96. The second-order valence-electron chi connectivity index (χ2n) is 4.50. The van der Waals surface area contributed by atoms with Gasteiger partial charge in [-0.15, -0.1) is 0 Å². The van der Waals surface area contributed by atoms with Crippen LogP contribution in [0.25, 0.3) is 10.9 Å². The van der Waals surface area contributed by atoms with E-state index in [0.29, 0.717) is 6.61 Å². The molecule has 1 aromatic heterocycles. The highest BCUT2D eigenvalue weighted by atomic mass is 35.5. The second-order valence-corrected chi connectivity index (χ2v) is 4.93. The maximum atomic E-state index is 5.85. The van der Waals surface area contributed by atoms with E-state index in [1.807, 2.05) is 36.4 Å². The van der Waals surface area contributed by atoms with E-state index in [-0.39, 0.29) is 0 Å². The summed E-state index contributed by atoms with van der Waals surface area (Å²) in [6.45, 7) is 0.548. The van der Waals surface area contributed by atoms with Gasteiger partial charge in [-0.25, -0.2) is 0 Å². The molecule has 3 heteroatoms. The van der Waals surface area contributed by atoms with Gasteiger partial charge in [0, 0.05) is 17.6 Å². The van der Waals surface area contributed by atoms with Gasteiger partial charge in [0.15, 0.2) is 0 Å². The molecule has 0 radical (unpaired) electrons. The third-order valence-corrected chi connectivity index (χ3v) is 3.50. The van der Waals surface area contributed by atoms with E-state index in [1.165, 1.54) is 10.9 Å². The Bertz CT molecular complexity index is 700. The van der Waals surface area contributed by atoms with Gasteiger partial charge in [0.05, 0.1) is 5.69 Å². The number of rotatable bonds is 3. The number of hydrogen-bond acceptors (Lipinski definition) is 1. The normalized spacial score (nSPS) is 10.8. The first-order valence-electron chi connectivity index (χ1n) is 6.16.